The van der Waals surface area contributed by atoms with E-state index in [2.05, 4.69) is 10.3 Å². The summed E-state index contributed by atoms with van der Waals surface area (Å²) in [6.45, 7) is 3.67. The number of hydrogen-bond donors (Lipinski definition) is 1. The molecule has 0 atom stereocenters. The fourth-order valence-electron chi connectivity index (χ4n) is 3.31. The van der Waals surface area contributed by atoms with Gasteiger partial charge in [-0.15, -0.1) is 0 Å². The van der Waals surface area contributed by atoms with Crippen LogP contribution in [0.5, 0.6) is 0 Å². The molecule has 0 aliphatic carbocycles. The summed E-state index contributed by atoms with van der Waals surface area (Å²) in [6.07, 6.45) is 1.86. The van der Waals surface area contributed by atoms with Gasteiger partial charge in [-0.25, -0.2) is 4.98 Å². The summed E-state index contributed by atoms with van der Waals surface area (Å²) in [7, 11) is 0. The lowest BCUT2D eigenvalue weighted by atomic mass is 10.0. The number of carbonyl (C=O) groups is 1. The molecule has 5 nitrogen and oxygen atoms in total. The minimum absolute atomic E-state index is 0.185. The monoisotopic (exact) mass is 383 g/mol. The molecule has 0 aliphatic heterocycles. The third kappa shape index (κ3) is 3.94. The van der Waals surface area contributed by atoms with Gasteiger partial charge in [0, 0.05) is 6.20 Å². The molecule has 0 fully saturated rings. The van der Waals surface area contributed by atoms with E-state index < -0.39 is 0 Å². The quantitative estimate of drug-likeness (QED) is 0.576. The molecule has 4 rings (SSSR count). The number of benzene rings is 2. The Labute approximate surface area is 168 Å². The third-order valence-corrected chi connectivity index (χ3v) is 4.86. The lowest BCUT2D eigenvalue weighted by Gasteiger charge is -2.10. The Bertz CT molecular complexity index is 1240. The van der Waals surface area contributed by atoms with E-state index in [4.69, 9.17) is 0 Å². The molecule has 0 unspecified atom stereocenters. The molecule has 0 spiro atoms. The van der Waals surface area contributed by atoms with Gasteiger partial charge in [0.1, 0.15) is 11.3 Å². The SMILES string of the molecule is Cc1ccn2c(=O)c(NC(=O)Cc3ccc(-c4ccccc4)cc3)c(C)nc2c1. The van der Waals surface area contributed by atoms with Gasteiger partial charge in [-0.05, 0) is 48.2 Å². The second kappa shape index (κ2) is 7.72. The molecule has 0 saturated carbocycles. The van der Waals surface area contributed by atoms with Gasteiger partial charge in [-0.3, -0.25) is 14.0 Å². The highest BCUT2D eigenvalue weighted by Gasteiger charge is 2.13. The number of pyridine rings is 1. The van der Waals surface area contributed by atoms with E-state index in [0.717, 1.165) is 22.3 Å². The predicted molar refractivity (Wildman–Crippen MR) is 115 cm³/mol. The predicted octanol–water partition coefficient (Wildman–Crippen LogP) is 4.16. The number of nitrogens with one attached hydrogen (secondary N) is 1. The Hall–Kier alpha value is -3.73. The first kappa shape index (κ1) is 18.6. The molecule has 2 aromatic carbocycles. The summed E-state index contributed by atoms with van der Waals surface area (Å²) >= 11 is 0. The van der Waals surface area contributed by atoms with E-state index in [0.29, 0.717) is 11.3 Å². The van der Waals surface area contributed by atoms with Crippen LogP contribution in [-0.2, 0) is 11.2 Å². The molecule has 2 aromatic heterocycles. The standard InChI is InChI=1S/C24H21N3O2/c1-16-12-13-27-21(14-16)25-17(2)23(24(27)29)26-22(28)15-18-8-10-20(11-9-18)19-6-4-3-5-7-19/h3-14H,15H2,1-2H3,(H,26,28). The van der Waals surface area contributed by atoms with E-state index in [1.54, 1.807) is 13.1 Å². The number of anilines is 1. The van der Waals surface area contributed by atoms with Gasteiger partial charge in [0.15, 0.2) is 0 Å². The molecule has 1 amide bonds. The van der Waals surface area contributed by atoms with Crippen molar-refractivity contribution in [1.29, 1.82) is 0 Å². The van der Waals surface area contributed by atoms with Crippen LogP contribution in [0.15, 0.2) is 77.7 Å². The van der Waals surface area contributed by atoms with Crippen LogP contribution in [-0.4, -0.2) is 15.3 Å². The Morgan fingerprint density at radius 2 is 1.66 bits per heavy atom. The summed E-state index contributed by atoms with van der Waals surface area (Å²) in [6, 6.07) is 21.6. The van der Waals surface area contributed by atoms with E-state index in [-0.39, 0.29) is 23.6 Å². The van der Waals surface area contributed by atoms with Crippen molar-refractivity contribution in [3.05, 3.63) is 100 Å². The van der Waals surface area contributed by atoms with E-state index in [1.807, 2.05) is 73.7 Å². The molecule has 1 N–H and O–H groups in total. The van der Waals surface area contributed by atoms with E-state index >= 15 is 0 Å². The van der Waals surface area contributed by atoms with Crippen molar-refractivity contribution in [1.82, 2.24) is 9.38 Å². The Kier molecular flexibility index (Phi) is 4.96. The molecule has 0 bridgehead atoms. The van der Waals surface area contributed by atoms with Gasteiger partial charge < -0.3 is 5.32 Å². The van der Waals surface area contributed by atoms with Crippen LogP contribution in [0, 0.1) is 13.8 Å². The van der Waals surface area contributed by atoms with Crippen molar-refractivity contribution in [2.24, 2.45) is 0 Å². The van der Waals surface area contributed by atoms with E-state index in [1.165, 1.54) is 4.40 Å². The number of hydrogen-bond acceptors (Lipinski definition) is 3. The van der Waals surface area contributed by atoms with Gasteiger partial charge in [0.2, 0.25) is 5.91 Å². The summed E-state index contributed by atoms with van der Waals surface area (Å²) < 4.78 is 1.45. The molecule has 29 heavy (non-hydrogen) atoms. The molecule has 0 saturated heterocycles. The number of amides is 1. The van der Waals surface area contributed by atoms with Crippen molar-refractivity contribution >= 4 is 17.2 Å². The molecule has 144 valence electrons. The van der Waals surface area contributed by atoms with Gasteiger partial charge in [0.25, 0.3) is 5.56 Å². The highest BCUT2D eigenvalue weighted by atomic mass is 16.2. The number of nitrogens with zero attached hydrogens (tertiary/aromatic N) is 2. The largest absolute Gasteiger partial charge is 0.320 e. The van der Waals surface area contributed by atoms with Gasteiger partial charge in [-0.2, -0.15) is 0 Å². The van der Waals surface area contributed by atoms with Crippen LogP contribution >= 0.6 is 0 Å². The lowest BCUT2D eigenvalue weighted by Crippen LogP contribution is -2.25. The average molecular weight is 383 g/mol. The first-order chi connectivity index (χ1) is 14.0. The fourth-order valence-corrected chi connectivity index (χ4v) is 3.31. The van der Waals surface area contributed by atoms with Gasteiger partial charge >= 0.3 is 0 Å². The Morgan fingerprint density at radius 1 is 0.966 bits per heavy atom. The summed E-state index contributed by atoms with van der Waals surface area (Å²) in [5.74, 6) is -0.244. The van der Waals surface area contributed by atoms with Crippen molar-refractivity contribution in [3.63, 3.8) is 0 Å². The number of aromatic nitrogens is 2. The molecule has 4 aromatic rings. The van der Waals surface area contributed by atoms with Crippen LogP contribution in [0.4, 0.5) is 5.69 Å². The zero-order chi connectivity index (χ0) is 20.4. The normalized spacial score (nSPS) is 10.8. The molecule has 0 radical (unpaired) electrons. The Morgan fingerprint density at radius 3 is 2.38 bits per heavy atom. The number of carbonyl (C=O) groups excluding carboxylic acids is 1. The first-order valence-electron chi connectivity index (χ1n) is 9.45. The lowest BCUT2D eigenvalue weighted by molar-refractivity contribution is -0.115. The fraction of sp³-hybridized carbons (Fsp3) is 0.125. The molecule has 2 heterocycles. The van der Waals surface area contributed by atoms with Crippen molar-refractivity contribution in [3.8, 4) is 11.1 Å². The van der Waals surface area contributed by atoms with Crippen molar-refractivity contribution in [2.75, 3.05) is 5.32 Å². The molecular weight excluding hydrogens is 362 g/mol. The zero-order valence-corrected chi connectivity index (χ0v) is 16.3. The topological polar surface area (TPSA) is 63.5 Å². The molecule has 0 aliphatic rings. The van der Waals surface area contributed by atoms with Gasteiger partial charge in [-0.1, -0.05) is 54.6 Å². The molecule has 5 heteroatoms. The highest BCUT2D eigenvalue weighted by Crippen LogP contribution is 2.19. The highest BCUT2D eigenvalue weighted by molar-refractivity contribution is 5.92. The van der Waals surface area contributed by atoms with Crippen LogP contribution in [0.2, 0.25) is 0 Å². The maximum Gasteiger partial charge on any atom is 0.281 e. The van der Waals surface area contributed by atoms with Crippen LogP contribution in [0.25, 0.3) is 16.8 Å². The average Bonchev–Trinajstić information content (AvgIpc) is 2.72. The zero-order valence-electron chi connectivity index (χ0n) is 16.3. The van der Waals surface area contributed by atoms with Crippen molar-refractivity contribution < 1.29 is 4.79 Å². The second-order valence-electron chi connectivity index (χ2n) is 7.10. The second-order valence-corrected chi connectivity index (χ2v) is 7.10. The number of rotatable bonds is 4. The van der Waals surface area contributed by atoms with Crippen LogP contribution in [0.1, 0.15) is 16.8 Å². The minimum Gasteiger partial charge on any atom is -0.320 e. The van der Waals surface area contributed by atoms with Crippen LogP contribution in [0.3, 0.4) is 0 Å². The minimum atomic E-state index is -0.278. The Balaban J connectivity index is 1.53. The van der Waals surface area contributed by atoms with Crippen molar-refractivity contribution in [2.45, 2.75) is 20.3 Å². The first-order valence-corrected chi connectivity index (χ1v) is 9.45. The smallest absolute Gasteiger partial charge is 0.281 e. The maximum absolute atomic E-state index is 12.8. The number of fused-ring (bicyclic) bond motifs is 1. The number of aryl methyl sites for hydroxylation is 2. The van der Waals surface area contributed by atoms with E-state index in [9.17, 15) is 9.59 Å². The summed E-state index contributed by atoms with van der Waals surface area (Å²) in [5, 5.41) is 2.75. The maximum atomic E-state index is 12.8. The molecular formula is C24H21N3O2. The third-order valence-electron chi connectivity index (χ3n) is 4.86. The summed E-state index contributed by atoms with van der Waals surface area (Å²) in [4.78, 5) is 29.8. The summed E-state index contributed by atoms with van der Waals surface area (Å²) in [5.41, 5.74) is 5.15. The van der Waals surface area contributed by atoms with Crippen LogP contribution < -0.4 is 10.9 Å². The van der Waals surface area contributed by atoms with Gasteiger partial charge in [0.05, 0.1) is 12.1 Å².